The molecule has 19 heavy (non-hydrogen) atoms. The molecule has 0 heterocycles. The predicted molar refractivity (Wildman–Crippen MR) is 49.4 cm³/mol. The maximum atomic E-state index is 12.1. The Morgan fingerprint density at radius 3 is 1.42 bits per heavy atom. The summed E-state index contributed by atoms with van der Waals surface area (Å²) in [7, 11) is 0. The molecule has 0 spiro atoms. The first-order valence-corrected chi connectivity index (χ1v) is 3.98. The average Bonchev–Trinajstić information content (AvgIpc) is 2.89. The molecule has 0 fully saturated rings. The van der Waals surface area contributed by atoms with Crippen LogP contribution in [0.2, 0.25) is 0 Å². The molecule has 0 aliphatic heterocycles. The summed E-state index contributed by atoms with van der Waals surface area (Å²) in [4.78, 5) is 0. The van der Waals surface area contributed by atoms with Crippen molar-refractivity contribution in [3.8, 4) is 0 Å². The van der Waals surface area contributed by atoms with E-state index in [0.29, 0.717) is 0 Å². The molecular weight excluding hydrogens is 308 g/mol. The molecule has 0 amide bonds. The van der Waals surface area contributed by atoms with Crippen LogP contribution in [0.15, 0.2) is 24.3 Å². The van der Waals surface area contributed by atoms with Crippen LogP contribution in [-0.4, -0.2) is 11.3 Å². The van der Waals surface area contributed by atoms with Gasteiger partial charge in [-0.25, -0.2) is 12.1 Å². The minimum absolute atomic E-state index is 0. The van der Waals surface area contributed by atoms with Crippen molar-refractivity contribution < 1.29 is 49.3 Å². The van der Waals surface area contributed by atoms with Gasteiger partial charge >= 0.3 is 40.1 Å². The summed E-state index contributed by atoms with van der Waals surface area (Å²) in [6, 6.07) is 5.39. The van der Waals surface area contributed by atoms with Crippen LogP contribution in [0.1, 0.15) is 12.5 Å². The zero-order valence-electron chi connectivity index (χ0n) is 9.49. The largest absolute Gasteiger partial charge is 0 e. The van der Waals surface area contributed by atoms with Crippen LogP contribution < -0.4 is 0 Å². The third-order valence-electron chi connectivity index (χ3n) is 1.78. The van der Waals surface area contributed by atoms with E-state index in [9.17, 15) is 13.2 Å². The molecule has 1 radical (unpaired) electrons. The first-order chi connectivity index (χ1) is 8.36. The van der Waals surface area contributed by atoms with E-state index >= 15 is 0 Å². The standard InChI is InChI=1S/C8H8F3O.3CO.Mn/c1-7(12,8(9,10)11)6-4-2-3-5-6;3*1-2;/h2-5,12H,1H3;;;;/q-1;;;;. The Labute approximate surface area is 118 Å². The molecule has 1 aromatic carbocycles. The summed E-state index contributed by atoms with van der Waals surface area (Å²) in [6.07, 6.45) is -4.62. The fourth-order valence-electron chi connectivity index (χ4n) is 0.862. The van der Waals surface area contributed by atoms with E-state index in [-0.39, 0.29) is 22.6 Å². The number of hydrogen-bond donors (Lipinski definition) is 1. The van der Waals surface area contributed by atoms with Gasteiger partial charge in [-0.3, -0.25) is 0 Å². The molecular formula is C11H8F3MnO4-. The van der Waals surface area contributed by atoms with Gasteiger partial charge in [0.25, 0.3) is 0 Å². The van der Waals surface area contributed by atoms with Gasteiger partial charge in [0.2, 0.25) is 0 Å². The Kier molecular flexibility index (Phi) is 18.5. The second-order valence-corrected chi connectivity index (χ2v) is 2.74. The minimum atomic E-state index is -4.62. The zero-order valence-corrected chi connectivity index (χ0v) is 10.7. The molecule has 1 N–H and O–H groups in total. The molecule has 105 valence electrons. The third-order valence-corrected chi connectivity index (χ3v) is 1.78. The monoisotopic (exact) mass is 316 g/mol. The Bertz CT molecular complexity index is 349. The summed E-state index contributed by atoms with van der Waals surface area (Å²) < 4.78 is 58.9. The topological polar surface area (TPSA) is 79.9 Å². The third kappa shape index (κ3) is 8.54. The molecule has 1 aromatic rings. The molecule has 1 atom stereocenters. The van der Waals surface area contributed by atoms with E-state index in [2.05, 4.69) is 20.0 Å². The van der Waals surface area contributed by atoms with Crippen LogP contribution >= 0.6 is 0 Å². The summed E-state index contributed by atoms with van der Waals surface area (Å²) in [6.45, 7) is 14.2. The summed E-state index contributed by atoms with van der Waals surface area (Å²) in [5.41, 5.74) is -2.87. The van der Waals surface area contributed by atoms with Crippen LogP contribution in [0, 0.1) is 20.0 Å². The molecule has 0 bridgehead atoms. The van der Waals surface area contributed by atoms with Gasteiger partial charge in [-0.05, 0) is 6.92 Å². The van der Waals surface area contributed by atoms with Crippen molar-refractivity contribution >= 4 is 0 Å². The molecule has 0 saturated carbocycles. The molecule has 0 saturated heterocycles. The SMILES string of the molecule is CC(O)([c-]1cccc1)C(F)(F)F.[C-]#[O+].[C-]#[O+].[C-]#[O+].[Mn]. The van der Waals surface area contributed by atoms with E-state index in [1.54, 1.807) is 0 Å². The smallest absolute Gasteiger partial charge is 0 e. The van der Waals surface area contributed by atoms with Crippen LogP contribution in [0.5, 0.6) is 0 Å². The van der Waals surface area contributed by atoms with E-state index in [4.69, 9.17) is 19.1 Å². The fraction of sp³-hybridized carbons (Fsp3) is 0.273. The van der Waals surface area contributed by atoms with Gasteiger partial charge in [-0.1, -0.05) is 0 Å². The summed E-state index contributed by atoms with van der Waals surface area (Å²) in [5, 5.41) is 9.09. The molecule has 1 rings (SSSR count). The summed E-state index contributed by atoms with van der Waals surface area (Å²) in [5.74, 6) is 0. The molecule has 8 heteroatoms. The van der Waals surface area contributed by atoms with Crippen LogP contribution in [0.25, 0.3) is 0 Å². The quantitative estimate of drug-likeness (QED) is 0.480. The van der Waals surface area contributed by atoms with Gasteiger partial charge in [0, 0.05) is 17.1 Å². The summed E-state index contributed by atoms with van der Waals surface area (Å²) >= 11 is 0. The van der Waals surface area contributed by atoms with Crippen molar-refractivity contribution in [2.45, 2.75) is 18.7 Å². The van der Waals surface area contributed by atoms with E-state index in [0.717, 1.165) is 6.92 Å². The van der Waals surface area contributed by atoms with Crippen molar-refractivity contribution in [1.29, 1.82) is 0 Å². The van der Waals surface area contributed by atoms with Crippen molar-refractivity contribution in [2.75, 3.05) is 0 Å². The molecule has 0 aromatic heterocycles. The maximum absolute atomic E-state index is 12.1. The van der Waals surface area contributed by atoms with Crippen LogP contribution in [-0.2, 0) is 36.6 Å². The molecule has 4 nitrogen and oxygen atoms in total. The minimum Gasteiger partial charge on any atom is 0 e. The van der Waals surface area contributed by atoms with Gasteiger partial charge in [0.05, 0.1) is 0 Å². The Hall–Kier alpha value is -1.16. The first kappa shape index (κ1) is 26.4. The Morgan fingerprint density at radius 1 is 0.947 bits per heavy atom. The Balaban J connectivity index is -0.000000142. The van der Waals surface area contributed by atoms with Gasteiger partial charge < -0.3 is 5.11 Å². The average molecular weight is 316 g/mol. The van der Waals surface area contributed by atoms with Crippen molar-refractivity contribution in [1.82, 2.24) is 0 Å². The normalized spacial score (nSPS) is 11.3. The number of rotatable bonds is 1. The number of halogens is 3. The van der Waals surface area contributed by atoms with Crippen molar-refractivity contribution in [3.63, 3.8) is 0 Å². The second-order valence-electron chi connectivity index (χ2n) is 2.74. The van der Waals surface area contributed by atoms with Crippen molar-refractivity contribution in [2.24, 2.45) is 0 Å². The van der Waals surface area contributed by atoms with E-state index in [1.807, 2.05) is 0 Å². The van der Waals surface area contributed by atoms with Crippen molar-refractivity contribution in [3.05, 3.63) is 49.8 Å². The first-order valence-electron chi connectivity index (χ1n) is 3.98. The second kappa shape index (κ2) is 13.3. The molecule has 0 aliphatic rings. The van der Waals surface area contributed by atoms with E-state index < -0.39 is 11.8 Å². The molecule has 1 unspecified atom stereocenters. The molecule has 0 aliphatic carbocycles. The van der Waals surface area contributed by atoms with Gasteiger partial charge in [-0.2, -0.15) is 25.3 Å². The number of alkyl halides is 3. The van der Waals surface area contributed by atoms with Gasteiger partial charge in [0.15, 0.2) is 0 Å². The number of hydrogen-bond acceptors (Lipinski definition) is 1. The Morgan fingerprint density at radius 2 is 1.21 bits per heavy atom. The van der Waals surface area contributed by atoms with E-state index in [1.165, 1.54) is 24.3 Å². The van der Waals surface area contributed by atoms with Gasteiger partial charge in [0.1, 0.15) is 5.60 Å². The fourth-order valence-corrected chi connectivity index (χ4v) is 0.862. The predicted octanol–water partition coefficient (Wildman–Crippen LogP) is 2.06. The maximum Gasteiger partial charge on any atom is 0 e. The number of aliphatic hydroxyl groups is 1. The van der Waals surface area contributed by atoms with Crippen LogP contribution in [0.3, 0.4) is 0 Å². The van der Waals surface area contributed by atoms with Crippen LogP contribution in [0.4, 0.5) is 13.2 Å². The zero-order chi connectivity index (χ0) is 15.4. The van der Waals surface area contributed by atoms with Gasteiger partial charge in [-0.15, -0.1) is 5.56 Å².